The molecule has 4 rings (SSSR count). The van der Waals surface area contributed by atoms with Crippen molar-refractivity contribution in [3.63, 3.8) is 0 Å². The minimum atomic E-state index is -0.544. The Hall–Kier alpha value is -3.75. The standard InChI is InChI=1S/C17H12N4O5/c1-10-19-13-5-3-2-4-12(13)17(22)20(10)18-8-11-6-15-16(26-9-25-15)7-14(11)21(23)24/h2-8H,9H2,1H3. The maximum absolute atomic E-state index is 12.6. The number of aryl methyl sites for hydroxylation is 1. The molecule has 0 aliphatic carbocycles. The Bertz CT molecular complexity index is 1140. The average molecular weight is 352 g/mol. The molecule has 0 saturated carbocycles. The number of nitro benzene ring substituents is 1. The summed E-state index contributed by atoms with van der Waals surface area (Å²) in [5.41, 5.74) is 0.208. The predicted molar refractivity (Wildman–Crippen MR) is 93.0 cm³/mol. The van der Waals surface area contributed by atoms with Crippen LogP contribution in [-0.2, 0) is 0 Å². The highest BCUT2D eigenvalue weighted by atomic mass is 16.7. The van der Waals surface area contributed by atoms with Gasteiger partial charge in [0, 0.05) is 0 Å². The van der Waals surface area contributed by atoms with Crippen molar-refractivity contribution in [3.05, 3.63) is 68.3 Å². The third kappa shape index (κ3) is 2.55. The van der Waals surface area contributed by atoms with E-state index in [0.717, 1.165) is 4.68 Å². The summed E-state index contributed by atoms with van der Waals surface area (Å²) < 4.78 is 11.5. The molecular formula is C17H12N4O5. The molecule has 0 N–H and O–H groups in total. The molecule has 2 heterocycles. The summed E-state index contributed by atoms with van der Waals surface area (Å²) in [5.74, 6) is 1.06. The first kappa shape index (κ1) is 15.8. The van der Waals surface area contributed by atoms with Gasteiger partial charge < -0.3 is 9.47 Å². The molecule has 1 aliphatic heterocycles. The highest BCUT2D eigenvalue weighted by molar-refractivity contribution is 5.87. The number of benzene rings is 2. The molecule has 9 nitrogen and oxygen atoms in total. The van der Waals surface area contributed by atoms with Crippen molar-refractivity contribution in [3.8, 4) is 11.5 Å². The molecule has 2 aromatic carbocycles. The number of aromatic nitrogens is 2. The van der Waals surface area contributed by atoms with Gasteiger partial charge >= 0.3 is 0 Å². The summed E-state index contributed by atoms with van der Waals surface area (Å²) in [4.78, 5) is 27.7. The molecule has 0 amide bonds. The summed E-state index contributed by atoms with van der Waals surface area (Å²) in [6, 6.07) is 9.64. The minimum Gasteiger partial charge on any atom is -0.454 e. The monoisotopic (exact) mass is 352 g/mol. The number of para-hydroxylation sites is 1. The fraction of sp³-hybridized carbons (Fsp3) is 0.118. The molecule has 0 bridgehead atoms. The number of ether oxygens (including phenoxy) is 2. The Kier molecular flexibility index (Phi) is 3.61. The Morgan fingerprint density at radius 2 is 2.00 bits per heavy atom. The Balaban J connectivity index is 1.83. The van der Waals surface area contributed by atoms with Crippen LogP contribution in [0.1, 0.15) is 11.4 Å². The van der Waals surface area contributed by atoms with Gasteiger partial charge in [-0.05, 0) is 25.1 Å². The number of nitrogens with zero attached hydrogens (tertiary/aromatic N) is 4. The lowest BCUT2D eigenvalue weighted by Crippen LogP contribution is -2.20. The van der Waals surface area contributed by atoms with Gasteiger partial charge in [0.25, 0.3) is 11.2 Å². The van der Waals surface area contributed by atoms with Gasteiger partial charge in [0.05, 0.1) is 33.7 Å². The first-order valence-corrected chi connectivity index (χ1v) is 7.65. The Morgan fingerprint density at radius 3 is 2.77 bits per heavy atom. The van der Waals surface area contributed by atoms with Gasteiger partial charge in [-0.2, -0.15) is 9.78 Å². The summed E-state index contributed by atoms with van der Waals surface area (Å²) in [6.45, 7) is 1.64. The molecular weight excluding hydrogens is 340 g/mol. The van der Waals surface area contributed by atoms with E-state index in [1.165, 1.54) is 18.3 Å². The molecule has 26 heavy (non-hydrogen) atoms. The van der Waals surface area contributed by atoms with Crippen LogP contribution in [0.3, 0.4) is 0 Å². The third-order valence-corrected chi connectivity index (χ3v) is 3.95. The highest BCUT2D eigenvalue weighted by Gasteiger charge is 2.22. The lowest BCUT2D eigenvalue weighted by Gasteiger charge is -2.05. The fourth-order valence-electron chi connectivity index (χ4n) is 2.70. The van der Waals surface area contributed by atoms with Crippen LogP contribution in [0.25, 0.3) is 10.9 Å². The van der Waals surface area contributed by atoms with Crippen molar-refractivity contribution in [2.24, 2.45) is 5.10 Å². The number of hydrogen-bond acceptors (Lipinski definition) is 7. The van der Waals surface area contributed by atoms with Crippen LogP contribution in [0.2, 0.25) is 0 Å². The molecule has 0 saturated heterocycles. The van der Waals surface area contributed by atoms with E-state index in [0.29, 0.717) is 28.2 Å². The van der Waals surface area contributed by atoms with E-state index in [4.69, 9.17) is 9.47 Å². The van der Waals surface area contributed by atoms with E-state index in [2.05, 4.69) is 10.1 Å². The zero-order valence-corrected chi connectivity index (χ0v) is 13.6. The van der Waals surface area contributed by atoms with E-state index in [-0.39, 0.29) is 23.6 Å². The van der Waals surface area contributed by atoms with Gasteiger partial charge in [-0.25, -0.2) is 4.98 Å². The van der Waals surface area contributed by atoms with Crippen LogP contribution in [-0.4, -0.2) is 27.6 Å². The smallest absolute Gasteiger partial charge is 0.282 e. The van der Waals surface area contributed by atoms with Crippen LogP contribution in [0.5, 0.6) is 11.5 Å². The van der Waals surface area contributed by atoms with E-state index >= 15 is 0 Å². The van der Waals surface area contributed by atoms with Crippen molar-refractivity contribution in [1.29, 1.82) is 0 Å². The van der Waals surface area contributed by atoms with E-state index in [1.54, 1.807) is 31.2 Å². The molecule has 0 unspecified atom stereocenters. The largest absolute Gasteiger partial charge is 0.454 e. The van der Waals surface area contributed by atoms with Crippen molar-refractivity contribution in [2.45, 2.75) is 6.92 Å². The van der Waals surface area contributed by atoms with Crippen LogP contribution in [0.4, 0.5) is 5.69 Å². The van der Waals surface area contributed by atoms with Crippen molar-refractivity contribution in [2.75, 3.05) is 6.79 Å². The predicted octanol–water partition coefficient (Wildman–Crippen LogP) is 2.22. The van der Waals surface area contributed by atoms with Crippen molar-refractivity contribution < 1.29 is 14.4 Å². The molecule has 0 spiro atoms. The summed E-state index contributed by atoms with van der Waals surface area (Å²) in [7, 11) is 0. The summed E-state index contributed by atoms with van der Waals surface area (Å²) in [5, 5.41) is 15.8. The maximum atomic E-state index is 12.6. The van der Waals surface area contributed by atoms with Gasteiger partial charge in [-0.3, -0.25) is 14.9 Å². The molecule has 130 valence electrons. The summed E-state index contributed by atoms with van der Waals surface area (Å²) >= 11 is 0. The lowest BCUT2D eigenvalue weighted by atomic mass is 10.1. The number of fused-ring (bicyclic) bond motifs is 2. The second-order valence-corrected chi connectivity index (χ2v) is 5.56. The van der Waals surface area contributed by atoms with Gasteiger partial charge in [0.2, 0.25) is 6.79 Å². The normalized spacial score (nSPS) is 12.8. The average Bonchev–Trinajstić information content (AvgIpc) is 3.08. The molecule has 1 aliphatic rings. The molecule has 1 aromatic heterocycles. The SMILES string of the molecule is Cc1nc2ccccc2c(=O)n1N=Cc1cc2c(cc1[N+](=O)[O-])OCO2. The third-order valence-electron chi connectivity index (χ3n) is 3.95. The quantitative estimate of drug-likeness (QED) is 0.406. The van der Waals surface area contributed by atoms with Crippen LogP contribution < -0.4 is 15.0 Å². The number of rotatable bonds is 3. The minimum absolute atomic E-state index is 0.000243. The fourth-order valence-corrected chi connectivity index (χ4v) is 2.70. The first-order valence-electron chi connectivity index (χ1n) is 7.65. The Labute approximate surface area is 146 Å². The van der Waals surface area contributed by atoms with Crippen molar-refractivity contribution in [1.82, 2.24) is 9.66 Å². The van der Waals surface area contributed by atoms with Gasteiger partial charge in [0.15, 0.2) is 11.5 Å². The van der Waals surface area contributed by atoms with Crippen molar-refractivity contribution >= 4 is 22.8 Å². The van der Waals surface area contributed by atoms with E-state index in [9.17, 15) is 14.9 Å². The first-order chi connectivity index (χ1) is 12.5. The number of hydrogen-bond donors (Lipinski definition) is 0. The maximum Gasteiger partial charge on any atom is 0.282 e. The second kappa shape index (κ2) is 5.96. The van der Waals surface area contributed by atoms with E-state index in [1.807, 2.05) is 0 Å². The zero-order valence-electron chi connectivity index (χ0n) is 13.6. The van der Waals surface area contributed by atoms with Gasteiger partial charge in [-0.15, -0.1) is 0 Å². The van der Waals surface area contributed by atoms with E-state index < -0.39 is 4.92 Å². The van der Waals surface area contributed by atoms with Crippen LogP contribution >= 0.6 is 0 Å². The van der Waals surface area contributed by atoms with Gasteiger partial charge in [-0.1, -0.05) is 12.1 Å². The molecule has 0 fully saturated rings. The van der Waals surface area contributed by atoms with Crippen LogP contribution in [0, 0.1) is 17.0 Å². The lowest BCUT2D eigenvalue weighted by molar-refractivity contribution is -0.385. The molecule has 9 heteroatoms. The molecule has 3 aromatic rings. The molecule has 0 atom stereocenters. The highest BCUT2D eigenvalue weighted by Crippen LogP contribution is 2.37. The zero-order chi connectivity index (χ0) is 18.3. The van der Waals surface area contributed by atoms with Gasteiger partial charge in [0.1, 0.15) is 5.82 Å². The molecule has 0 radical (unpaired) electrons. The summed E-state index contributed by atoms with van der Waals surface area (Å²) in [6.07, 6.45) is 1.24. The second-order valence-electron chi connectivity index (χ2n) is 5.56. The topological polar surface area (TPSA) is 109 Å². The van der Waals surface area contributed by atoms with Crippen LogP contribution in [0.15, 0.2) is 46.3 Å². The Morgan fingerprint density at radius 1 is 1.27 bits per heavy atom. The number of nitro groups is 1.